The highest BCUT2D eigenvalue weighted by Gasteiger charge is 2.64. The van der Waals surface area contributed by atoms with E-state index in [1.165, 1.54) is 13.3 Å². The summed E-state index contributed by atoms with van der Waals surface area (Å²) in [5, 5.41) is 0. The molecule has 3 aliphatic carbocycles. The quantitative estimate of drug-likeness (QED) is 0.156. The van der Waals surface area contributed by atoms with E-state index in [9.17, 15) is 0 Å². The minimum absolute atomic E-state index is 0.821. The second kappa shape index (κ2) is 8.17. The maximum absolute atomic E-state index is 2.81. The summed E-state index contributed by atoms with van der Waals surface area (Å²) >= 11 is 7.60. The van der Waals surface area contributed by atoms with Gasteiger partial charge in [0, 0.05) is 0 Å². The van der Waals surface area contributed by atoms with Crippen LogP contribution < -0.4 is 0 Å². The van der Waals surface area contributed by atoms with Gasteiger partial charge in [-0.2, -0.15) is 0 Å². The topological polar surface area (TPSA) is 0 Å². The van der Waals surface area contributed by atoms with Crippen LogP contribution in [0.4, 0.5) is 0 Å². The summed E-state index contributed by atoms with van der Waals surface area (Å²) < 4.78 is 6.93. The minimum Gasteiger partial charge on any atom is -0.0871 e. The molecule has 3 aliphatic rings. The second-order valence-corrected chi connectivity index (χ2v) is 15.4. The fraction of sp³-hybridized carbons (Fsp3) is 1.00. The summed E-state index contributed by atoms with van der Waals surface area (Å²) in [6.07, 6.45) is 18.9. The third-order valence-corrected chi connectivity index (χ3v) is 20.5. The molecule has 0 bridgehead atoms. The van der Waals surface area contributed by atoms with Gasteiger partial charge in [-0.3, -0.25) is 0 Å². The molecule has 0 amide bonds. The zero-order valence-corrected chi connectivity index (χ0v) is 21.4. The molecule has 0 unspecified atom stereocenters. The number of alkyl halides is 3. The van der Waals surface area contributed by atoms with Gasteiger partial charge < -0.3 is 0 Å². The lowest BCUT2D eigenvalue weighted by Gasteiger charge is -2.52. The molecule has 0 radical (unpaired) electrons. The van der Waals surface area contributed by atoms with Crippen molar-refractivity contribution in [2.45, 2.75) is 89.9 Å². The Bertz CT molecular complexity index is 309. The van der Waals surface area contributed by atoms with E-state index in [2.05, 4.69) is 67.8 Å². The van der Waals surface area contributed by atoms with Crippen LogP contribution in [0, 0.1) is 0 Å². The van der Waals surface area contributed by atoms with Gasteiger partial charge in [-0.1, -0.05) is 158 Å². The van der Waals surface area contributed by atoms with Crippen LogP contribution in [0.2, 0.25) is 12.8 Å². The van der Waals surface area contributed by atoms with Crippen molar-refractivity contribution in [1.82, 2.24) is 0 Å². The second-order valence-electron chi connectivity index (χ2n) is 8.54. The normalized spacial score (nSPS) is 29.0. The predicted molar refractivity (Wildman–Crippen MR) is 126 cm³/mol. The Balaban J connectivity index is 2.05. The third kappa shape index (κ3) is 3.33. The smallest absolute Gasteiger partial charge is 0.0871 e. The van der Waals surface area contributed by atoms with Crippen LogP contribution in [-0.2, 0) is 0 Å². The summed E-state index contributed by atoms with van der Waals surface area (Å²) in [5.41, 5.74) is 0. The van der Waals surface area contributed by atoms with Gasteiger partial charge in [0.05, 0.1) is 0 Å². The first-order chi connectivity index (χ1) is 10.7. The standard InChI is InChI=1S/3C6H10I.Al/c3*7-5-6-3-1-2-4-6;/h3*1-5H2;. The lowest BCUT2D eigenvalue weighted by Crippen LogP contribution is -2.52. The lowest BCUT2D eigenvalue weighted by molar-refractivity contribution is 0.485. The van der Waals surface area contributed by atoms with Gasteiger partial charge in [0.1, 0.15) is 0 Å². The molecule has 0 saturated heterocycles. The lowest BCUT2D eigenvalue weighted by atomic mass is 10.1. The molecule has 0 aromatic heterocycles. The number of halogens is 3. The fourth-order valence-corrected chi connectivity index (χ4v) is 20.3. The van der Waals surface area contributed by atoms with Crippen LogP contribution in [0.15, 0.2) is 0 Å². The predicted octanol–water partition coefficient (Wildman–Crippen LogP) is 7.73. The summed E-state index contributed by atoms with van der Waals surface area (Å²) in [4.78, 5) is 0. The zero-order valence-electron chi connectivity index (χ0n) is 13.8. The molecular weight excluding hydrogens is 624 g/mol. The van der Waals surface area contributed by atoms with Crippen molar-refractivity contribution in [2.24, 2.45) is 0 Å². The molecule has 0 atom stereocenters. The van der Waals surface area contributed by atoms with E-state index < -0.39 is 14.1 Å². The van der Waals surface area contributed by atoms with Crippen molar-refractivity contribution >= 4 is 81.9 Å². The van der Waals surface area contributed by atoms with Gasteiger partial charge in [-0.25, -0.2) is 0 Å². The molecule has 3 fully saturated rings. The van der Waals surface area contributed by atoms with Crippen molar-refractivity contribution in [3.63, 3.8) is 0 Å². The number of rotatable bonds is 6. The van der Waals surface area contributed by atoms with Crippen LogP contribution >= 0.6 is 67.8 Å². The molecule has 0 heterocycles. The van der Waals surface area contributed by atoms with Crippen LogP contribution in [0.1, 0.15) is 77.0 Å². The zero-order chi connectivity index (χ0) is 15.7. The molecule has 0 aliphatic heterocycles. The first kappa shape index (κ1) is 19.5. The van der Waals surface area contributed by atoms with E-state index in [1.54, 1.807) is 77.0 Å². The summed E-state index contributed by atoms with van der Waals surface area (Å²) in [6, 6.07) is 0. The molecule has 3 rings (SSSR count). The highest BCUT2D eigenvalue weighted by Crippen LogP contribution is 2.70. The monoisotopic (exact) mass is 654 g/mol. The van der Waals surface area contributed by atoms with E-state index in [4.69, 9.17) is 0 Å². The van der Waals surface area contributed by atoms with E-state index in [0.717, 1.165) is 12.8 Å². The average Bonchev–Trinajstić information content (AvgIpc) is 3.30. The van der Waals surface area contributed by atoms with Gasteiger partial charge in [0.15, 0.2) is 0 Å². The average molecular weight is 654 g/mol. The van der Waals surface area contributed by atoms with Crippen molar-refractivity contribution in [1.29, 1.82) is 0 Å². The maximum atomic E-state index is 2.81. The molecule has 126 valence electrons. The molecule has 0 nitrogen and oxygen atoms in total. The summed E-state index contributed by atoms with van der Waals surface area (Å²) in [7, 11) is 0. The van der Waals surface area contributed by atoms with Gasteiger partial charge >= 0.3 is 0 Å². The van der Waals surface area contributed by atoms with Crippen molar-refractivity contribution in [3.8, 4) is 0 Å². The van der Waals surface area contributed by atoms with Crippen LogP contribution in [0.5, 0.6) is 0 Å². The van der Waals surface area contributed by atoms with Gasteiger partial charge in [-0.05, 0) is 13.3 Å². The Kier molecular flexibility index (Phi) is 7.23. The molecule has 0 N–H and O–H groups in total. The first-order valence-electron chi connectivity index (χ1n) is 9.35. The Hall–Kier alpha value is 2.72. The molecule has 3 saturated carbocycles. The van der Waals surface area contributed by atoms with E-state index in [1.807, 2.05) is 0 Å². The molecule has 4 heteroatoms. The van der Waals surface area contributed by atoms with Crippen LogP contribution in [-0.4, -0.2) is 27.4 Å². The molecule has 0 spiro atoms. The van der Waals surface area contributed by atoms with Gasteiger partial charge in [-0.15, -0.1) is 0 Å². The molecule has 22 heavy (non-hydrogen) atoms. The van der Waals surface area contributed by atoms with E-state index >= 15 is 0 Å². The first-order valence-corrected chi connectivity index (χ1v) is 15.7. The molecular formula is C18H30AlI3. The summed E-state index contributed by atoms with van der Waals surface area (Å²) in [5.74, 6) is 0. The molecule has 0 aromatic carbocycles. The van der Waals surface area contributed by atoms with Crippen molar-refractivity contribution in [3.05, 3.63) is 0 Å². The van der Waals surface area contributed by atoms with Crippen molar-refractivity contribution < 1.29 is 0 Å². The largest absolute Gasteiger partial charge is 0.287 e. The Labute approximate surface area is 182 Å². The minimum atomic E-state index is -0.821. The van der Waals surface area contributed by atoms with Crippen LogP contribution in [0.3, 0.4) is 0 Å². The Morgan fingerprint density at radius 2 is 0.727 bits per heavy atom. The van der Waals surface area contributed by atoms with Crippen molar-refractivity contribution in [2.75, 3.05) is 13.3 Å². The highest BCUT2D eigenvalue weighted by molar-refractivity contribution is 14.1. The maximum Gasteiger partial charge on any atom is 0.287 e. The van der Waals surface area contributed by atoms with Crippen LogP contribution in [0.25, 0.3) is 0 Å². The number of hydrogen-bond donors (Lipinski definition) is 0. The Morgan fingerprint density at radius 1 is 0.500 bits per heavy atom. The summed E-state index contributed by atoms with van der Waals surface area (Å²) in [6.45, 7) is 0. The Morgan fingerprint density at radius 3 is 0.909 bits per heavy atom. The molecule has 0 aromatic rings. The van der Waals surface area contributed by atoms with E-state index in [-0.39, 0.29) is 0 Å². The highest BCUT2D eigenvalue weighted by atomic mass is 127. The fourth-order valence-electron chi connectivity index (χ4n) is 6.68. The van der Waals surface area contributed by atoms with E-state index in [0.29, 0.717) is 0 Å². The van der Waals surface area contributed by atoms with Gasteiger partial charge in [0.25, 0.3) is 14.1 Å². The third-order valence-electron chi connectivity index (χ3n) is 7.43. The van der Waals surface area contributed by atoms with Gasteiger partial charge in [0.2, 0.25) is 0 Å². The number of hydrogen-bond acceptors (Lipinski definition) is 0. The SMILES string of the molecule is IC[C]1([Al]([C]2(CI)CCCC2)[C]2(CI)CCCC2)CCCC1.